The minimum absolute atomic E-state index is 0.0623. The van der Waals surface area contributed by atoms with E-state index in [1.54, 1.807) is 18.5 Å². The number of hydrogen-bond donors (Lipinski definition) is 0. The standard InChI is InChI=1S/C11H18ClNO2S2/c1-11(2,3)8-13(4)17(14,15)10-5-9(6-12)16-7-10/h5,7H,6,8H2,1-4H3. The van der Waals surface area contributed by atoms with Crippen LogP contribution in [0.15, 0.2) is 16.3 Å². The van der Waals surface area contributed by atoms with Gasteiger partial charge >= 0.3 is 0 Å². The van der Waals surface area contributed by atoms with E-state index in [2.05, 4.69) is 0 Å². The summed E-state index contributed by atoms with van der Waals surface area (Å²) in [5.74, 6) is 0.350. The summed E-state index contributed by atoms with van der Waals surface area (Å²) in [6.07, 6.45) is 0. The number of thiophene rings is 1. The number of nitrogens with zero attached hydrogens (tertiary/aromatic N) is 1. The summed E-state index contributed by atoms with van der Waals surface area (Å²) in [4.78, 5) is 1.21. The van der Waals surface area contributed by atoms with Gasteiger partial charge in [0, 0.05) is 23.8 Å². The summed E-state index contributed by atoms with van der Waals surface area (Å²) in [5, 5.41) is 1.65. The summed E-state index contributed by atoms with van der Waals surface area (Å²) in [5.41, 5.74) is -0.0623. The predicted molar refractivity (Wildman–Crippen MR) is 73.1 cm³/mol. The molecule has 1 aromatic heterocycles. The molecule has 6 heteroatoms. The van der Waals surface area contributed by atoms with Crippen molar-refractivity contribution in [3.63, 3.8) is 0 Å². The second-order valence-corrected chi connectivity index (χ2v) is 8.51. The average molecular weight is 296 g/mol. The van der Waals surface area contributed by atoms with E-state index < -0.39 is 10.0 Å². The fraction of sp³-hybridized carbons (Fsp3) is 0.636. The Morgan fingerprint density at radius 2 is 2.00 bits per heavy atom. The molecule has 0 radical (unpaired) electrons. The highest BCUT2D eigenvalue weighted by molar-refractivity contribution is 7.89. The Balaban J connectivity index is 2.95. The van der Waals surface area contributed by atoms with Crippen LogP contribution in [0.4, 0.5) is 0 Å². The molecule has 0 amide bonds. The van der Waals surface area contributed by atoms with Crippen molar-refractivity contribution in [2.75, 3.05) is 13.6 Å². The molecular formula is C11H18ClNO2S2. The molecule has 98 valence electrons. The van der Waals surface area contributed by atoms with Gasteiger partial charge in [0.15, 0.2) is 0 Å². The molecule has 0 aliphatic rings. The van der Waals surface area contributed by atoms with Gasteiger partial charge in [-0.1, -0.05) is 20.8 Å². The zero-order valence-electron chi connectivity index (χ0n) is 10.5. The van der Waals surface area contributed by atoms with E-state index in [4.69, 9.17) is 11.6 Å². The molecule has 0 spiro atoms. The van der Waals surface area contributed by atoms with E-state index in [-0.39, 0.29) is 5.41 Å². The maximum atomic E-state index is 12.2. The van der Waals surface area contributed by atoms with Gasteiger partial charge in [0.1, 0.15) is 0 Å². The van der Waals surface area contributed by atoms with Crippen molar-refractivity contribution >= 4 is 33.0 Å². The molecule has 1 aromatic rings. The number of halogens is 1. The summed E-state index contributed by atoms with van der Waals surface area (Å²) >= 11 is 7.05. The molecule has 17 heavy (non-hydrogen) atoms. The first-order chi connectivity index (χ1) is 7.66. The number of sulfonamides is 1. The summed E-state index contributed by atoms with van der Waals surface area (Å²) in [6, 6.07) is 1.64. The van der Waals surface area contributed by atoms with Crippen LogP contribution in [0.1, 0.15) is 25.6 Å². The zero-order valence-corrected chi connectivity index (χ0v) is 12.9. The van der Waals surface area contributed by atoms with Crippen LogP contribution in [0.2, 0.25) is 0 Å². The minimum Gasteiger partial charge on any atom is -0.207 e. The van der Waals surface area contributed by atoms with Crippen LogP contribution in [0.3, 0.4) is 0 Å². The summed E-state index contributed by atoms with van der Waals surface area (Å²) in [7, 11) is -1.77. The Morgan fingerprint density at radius 3 is 2.41 bits per heavy atom. The second-order valence-electron chi connectivity index (χ2n) is 5.20. The van der Waals surface area contributed by atoms with Crippen LogP contribution in [0.25, 0.3) is 0 Å². The SMILES string of the molecule is CN(CC(C)(C)C)S(=O)(=O)c1csc(CCl)c1. The lowest BCUT2D eigenvalue weighted by Gasteiger charge is -2.25. The van der Waals surface area contributed by atoms with Gasteiger partial charge in [-0.2, -0.15) is 0 Å². The van der Waals surface area contributed by atoms with Crippen molar-refractivity contribution in [3.05, 3.63) is 16.3 Å². The maximum Gasteiger partial charge on any atom is 0.243 e. The average Bonchev–Trinajstić information content (AvgIpc) is 2.63. The number of hydrogen-bond acceptors (Lipinski definition) is 3. The lowest BCUT2D eigenvalue weighted by Crippen LogP contribution is -2.34. The lowest BCUT2D eigenvalue weighted by molar-refractivity contribution is 0.311. The van der Waals surface area contributed by atoms with Gasteiger partial charge in [0.25, 0.3) is 0 Å². The number of alkyl halides is 1. The van der Waals surface area contributed by atoms with Crippen LogP contribution >= 0.6 is 22.9 Å². The molecule has 0 aromatic carbocycles. The van der Waals surface area contributed by atoms with Crippen LogP contribution in [0, 0.1) is 5.41 Å². The van der Waals surface area contributed by atoms with Gasteiger partial charge in [-0.3, -0.25) is 0 Å². The fourth-order valence-corrected chi connectivity index (χ4v) is 4.27. The van der Waals surface area contributed by atoms with Crippen LogP contribution < -0.4 is 0 Å². The van der Waals surface area contributed by atoms with Crippen molar-refractivity contribution in [1.82, 2.24) is 4.31 Å². The van der Waals surface area contributed by atoms with E-state index in [0.717, 1.165) is 4.88 Å². The Morgan fingerprint density at radius 1 is 1.41 bits per heavy atom. The highest BCUT2D eigenvalue weighted by atomic mass is 35.5. The monoisotopic (exact) mass is 295 g/mol. The predicted octanol–water partition coefficient (Wildman–Crippen LogP) is 3.15. The molecule has 0 atom stereocenters. The van der Waals surface area contributed by atoms with Gasteiger partial charge in [0.05, 0.1) is 10.8 Å². The molecule has 0 aliphatic heterocycles. The molecule has 0 bridgehead atoms. The third-order valence-corrected chi connectivity index (χ3v) is 5.48. The third-order valence-electron chi connectivity index (χ3n) is 2.17. The molecular weight excluding hydrogens is 278 g/mol. The van der Waals surface area contributed by atoms with E-state index >= 15 is 0 Å². The van der Waals surface area contributed by atoms with Crippen molar-refractivity contribution in [2.45, 2.75) is 31.5 Å². The Hall–Kier alpha value is -0.100. The van der Waals surface area contributed by atoms with Crippen LogP contribution in [0.5, 0.6) is 0 Å². The van der Waals surface area contributed by atoms with E-state index in [0.29, 0.717) is 17.3 Å². The molecule has 0 N–H and O–H groups in total. The van der Waals surface area contributed by atoms with Gasteiger partial charge < -0.3 is 0 Å². The highest BCUT2D eigenvalue weighted by Gasteiger charge is 2.26. The van der Waals surface area contributed by atoms with E-state index in [9.17, 15) is 8.42 Å². The maximum absolute atomic E-state index is 12.2. The number of rotatable bonds is 4. The Labute approximate surface area is 112 Å². The van der Waals surface area contributed by atoms with Gasteiger partial charge in [-0.15, -0.1) is 22.9 Å². The molecule has 0 aliphatic carbocycles. The van der Waals surface area contributed by atoms with E-state index in [1.807, 2.05) is 20.8 Å². The smallest absolute Gasteiger partial charge is 0.207 e. The summed E-state index contributed by atoms with van der Waals surface area (Å²) in [6.45, 7) is 6.52. The first-order valence-corrected chi connectivity index (χ1v) is 8.12. The van der Waals surface area contributed by atoms with Crippen LogP contribution in [-0.4, -0.2) is 26.3 Å². The van der Waals surface area contributed by atoms with Crippen molar-refractivity contribution in [2.24, 2.45) is 5.41 Å². The van der Waals surface area contributed by atoms with E-state index in [1.165, 1.54) is 15.6 Å². The molecule has 1 rings (SSSR count). The second kappa shape index (κ2) is 5.26. The van der Waals surface area contributed by atoms with Gasteiger partial charge in [0.2, 0.25) is 10.0 Å². The van der Waals surface area contributed by atoms with Crippen molar-refractivity contribution in [1.29, 1.82) is 0 Å². The van der Waals surface area contributed by atoms with Crippen molar-refractivity contribution < 1.29 is 8.42 Å². The van der Waals surface area contributed by atoms with Crippen LogP contribution in [-0.2, 0) is 15.9 Å². The third kappa shape index (κ3) is 3.95. The molecule has 0 unspecified atom stereocenters. The Bertz CT molecular complexity index is 474. The topological polar surface area (TPSA) is 37.4 Å². The first-order valence-electron chi connectivity index (χ1n) is 5.26. The Kier molecular flexibility index (Phi) is 4.63. The largest absolute Gasteiger partial charge is 0.243 e. The van der Waals surface area contributed by atoms with Crippen molar-refractivity contribution in [3.8, 4) is 0 Å². The molecule has 1 heterocycles. The summed E-state index contributed by atoms with van der Waals surface area (Å²) < 4.78 is 25.9. The fourth-order valence-electron chi connectivity index (χ4n) is 1.50. The normalized spacial score (nSPS) is 13.3. The molecule has 3 nitrogen and oxygen atoms in total. The molecule has 0 fully saturated rings. The molecule has 0 saturated heterocycles. The van der Waals surface area contributed by atoms with Gasteiger partial charge in [-0.05, 0) is 11.5 Å². The first kappa shape index (κ1) is 15.0. The van der Waals surface area contributed by atoms with Gasteiger partial charge in [-0.25, -0.2) is 12.7 Å². The highest BCUT2D eigenvalue weighted by Crippen LogP contribution is 2.25. The minimum atomic E-state index is -3.38. The lowest BCUT2D eigenvalue weighted by atomic mass is 9.97. The quantitative estimate of drug-likeness (QED) is 0.800. The zero-order chi connectivity index (χ0) is 13.3. The molecule has 0 saturated carbocycles.